The highest BCUT2D eigenvalue weighted by atomic mass is 79.9. The van der Waals surface area contributed by atoms with Crippen molar-refractivity contribution in [2.45, 2.75) is 50.7 Å². The first-order valence-corrected chi connectivity index (χ1v) is 8.29. The first kappa shape index (κ1) is 13.6. The van der Waals surface area contributed by atoms with Crippen LogP contribution in [0.3, 0.4) is 0 Å². The maximum atomic E-state index is 3.86. The summed E-state index contributed by atoms with van der Waals surface area (Å²) < 4.78 is 1.16. The lowest BCUT2D eigenvalue weighted by Crippen LogP contribution is -2.45. The summed E-state index contributed by atoms with van der Waals surface area (Å²) >= 11 is 3.50. The quantitative estimate of drug-likeness (QED) is 0.912. The Balaban J connectivity index is 1.63. The Morgan fingerprint density at radius 1 is 1.16 bits per heavy atom. The second-order valence-electron chi connectivity index (χ2n) is 5.93. The van der Waals surface area contributed by atoms with E-state index in [1.807, 2.05) is 0 Å². The molecular formula is C16H23BrN2. The number of nitrogens with zero attached hydrogens (tertiary/aromatic N) is 1. The van der Waals surface area contributed by atoms with Crippen molar-refractivity contribution >= 4 is 15.9 Å². The van der Waals surface area contributed by atoms with E-state index in [4.69, 9.17) is 0 Å². The third-order valence-electron chi connectivity index (χ3n) is 4.69. The summed E-state index contributed by atoms with van der Waals surface area (Å²) in [4.78, 5) is 2.69. The topological polar surface area (TPSA) is 15.3 Å². The third kappa shape index (κ3) is 3.04. The molecular weight excluding hydrogens is 300 g/mol. The molecule has 0 bridgehead atoms. The average molecular weight is 323 g/mol. The van der Waals surface area contributed by atoms with E-state index >= 15 is 0 Å². The van der Waals surface area contributed by atoms with Gasteiger partial charge in [-0.15, -0.1) is 0 Å². The minimum Gasteiger partial charge on any atom is -0.306 e. The predicted octanol–water partition coefficient (Wildman–Crippen LogP) is 3.73. The van der Waals surface area contributed by atoms with Crippen molar-refractivity contribution in [1.29, 1.82) is 0 Å². The molecule has 3 heteroatoms. The molecule has 2 aliphatic rings. The van der Waals surface area contributed by atoms with E-state index in [0.29, 0.717) is 12.1 Å². The number of piperidine rings is 1. The van der Waals surface area contributed by atoms with E-state index in [-0.39, 0.29) is 0 Å². The molecule has 2 heterocycles. The van der Waals surface area contributed by atoms with Gasteiger partial charge in [-0.1, -0.05) is 34.5 Å². The Hall–Kier alpha value is -0.380. The largest absolute Gasteiger partial charge is 0.306 e. The molecule has 0 aromatic heterocycles. The summed E-state index contributed by atoms with van der Waals surface area (Å²) in [7, 11) is 0. The Labute approximate surface area is 124 Å². The van der Waals surface area contributed by atoms with Gasteiger partial charge < -0.3 is 5.32 Å². The lowest BCUT2D eigenvalue weighted by molar-refractivity contribution is 0.177. The SMILES string of the molecule is CC(NC1CCN2CCCCC12)c1ccc(Br)cc1. The van der Waals surface area contributed by atoms with E-state index in [1.165, 1.54) is 44.3 Å². The molecule has 0 saturated carbocycles. The van der Waals surface area contributed by atoms with Crippen LogP contribution in [0.5, 0.6) is 0 Å². The van der Waals surface area contributed by atoms with Crippen LogP contribution >= 0.6 is 15.9 Å². The summed E-state index contributed by atoms with van der Waals surface area (Å²) in [6.45, 7) is 4.89. The highest BCUT2D eigenvalue weighted by Gasteiger charge is 2.35. The Morgan fingerprint density at radius 2 is 1.95 bits per heavy atom. The van der Waals surface area contributed by atoms with Crippen LogP contribution < -0.4 is 5.32 Å². The number of fused-ring (bicyclic) bond motifs is 1. The fraction of sp³-hybridized carbons (Fsp3) is 0.625. The molecule has 1 N–H and O–H groups in total. The molecule has 0 radical (unpaired) electrons. The maximum Gasteiger partial charge on any atom is 0.0295 e. The van der Waals surface area contributed by atoms with Crippen molar-refractivity contribution in [1.82, 2.24) is 10.2 Å². The number of hydrogen-bond donors (Lipinski definition) is 1. The molecule has 2 nitrogen and oxygen atoms in total. The van der Waals surface area contributed by atoms with Gasteiger partial charge in [0.15, 0.2) is 0 Å². The zero-order valence-electron chi connectivity index (χ0n) is 11.6. The Kier molecular flexibility index (Phi) is 4.25. The van der Waals surface area contributed by atoms with Crippen LogP contribution in [0.15, 0.2) is 28.7 Å². The minimum absolute atomic E-state index is 0.444. The van der Waals surface area contributed by atoms with E-state index in [9.17, 15) is 0 Å². The van der Waals surface area contributed by atoms with Crippen LogP contribution in [0.25, 0.3) is 0 Å². The van der Waals surface area contributed by atoms with Crippen LogP contribution in [0, 0.1) is 0 Å². The zero-order chi connectivity index (χ0) is 13.2. The molecule has 3 rings (SSSR count). The number of halogens is 1. The normalized spacial score (nSPS) is 29.2. The fourth-order valence-corrected chi connectivity index (χ4v) is 3.87. The van der Waals surface area contributed by atoms with Crippen LogP contribution in [0.4, 0.5) is 0 Å². The van der Waals surface area contributed by atoms with Gasteiger partial charge in [-0.2, -0.15) is 0 Å². The van der Waals surface area contributed by atoms with Crippen LogP contribution in [0.1, 0.15) is 44.2 Å². The molecule has 0 spiro atoms. The average Bonchev–Trinajstić information content (AvgIpc) is 2.83. The number of rotatable bonds is 3. The minimum atomic E-state index is 0.444. The van der Waals surface area contributed by atoms with Gasteiger partial charge in [0.05, 0.1) is 0 Å². The van der Waals surface area contributed by atoms with E-state index < -0.39 is 0 Å². The molecule has 2 fully saturated rings. The second-order valence-corrected chi connectivity index (χ2v) is 6.85. The van der Waals surface area contributed by atoms with Gasteiger partial charge in [0.25, 0.3) is 0 Å². The zero-order valence-corrected chi connectivity index (χ0v) is 13.2. The maximum absolute atomic E-state index is 3.86. The molecule has 3 atom stereocenters. The fourth-order valence-electron chi connectivity index (χ4n) is 3.61. The molecule has 19 heavy (non-hydrogen) atoms. The second kappa shape index (κ2) is 5.94. The molecule has 3 unspecified atom stereocenters. The first-order valence-electron chi connectivity index (χ1n) is 7.49. The van der Waals surface area contributed by atoms with Crippen LogP contribution in [0.2, 0.25) is 0 Å². The number of benzene rings is 1. The van der Waals surface area contributed by atoms with E-state index in [2.05, 4.69) is 57.3 Å². The molecule has 0 amide bonds. The van der Waals surface area contributed by atoms with Gasteiger partial charge in [0, 0.05) is 29.1 Å². The number of hydrogen-bond acceptors (Lipinski definition) is 2. The summed E-state index contributed by atoms with van der Waals surface area (Å²) in [5, 5.41) is 3.86. The van der Waals surface area contributed by atoms with Gasteiger partial charge in [-0.3, -0.25) is 4.90 Å². The Morgan fingerprint density at radius 3 is 2.74 bits per heavy atom. The monoisotopic (exact) mass is 322 g/mol. The Bertz CT molecular complexity index is 417. The van der Waals surface area contributed by atoms with Crippen LogP contribution in [-0.2, 0) is 0 Å². The van der Waals surface area contributed by atoms with Crippen molar-refractivity contribution in [3.05, 3.63) is 34.3 Å². The molecule has 2 aliphatic heterocycles. The van der Waals surface area contributed by atoms with Gasteiger partial charge in [-0.05, 0) is 50.4 Å². The van der Waals surface area contributed by atoms with Crippen molar-refractivity contribution in [3.8, 4) is 0 Å². The van der Waals surface area contributed by atoms with Crippen molar-refractivity contribution in [2.75, 3.05) is 13.1 Å². The van der Waals surface area contributed by atoms with Crippen molar-refractivity contribution in [2.24, 2.45) is 0 Å². The van der Waals surface area contributed by atoms with Gasteiger partial charge >= 0.3 is 0 Å². The van der Waals surface area contributed by atoms with E-state index in [0.717, 1.165) is 10.5 Å². The van der Waals surface area contributed by atoms with Crippen molar-refractivity contribution in [3.63, 3.8) is 0 Å². The van der Waals surface area contributed by atoms with Gasteiger partial charge in [0.2, 0.25) is 0 Å². The predicted molar refractivity (Wildman–Crippen MR) is 83.3 cm³/mol. The van der Waals surface area contributed by atoms with Crippen molar-refractivity contribution < 1.29 is 0 Å². The molecule has 104 valence electrons. The smallest absolute Gasteiger partial charge is 0.0295 e. The molecule has 2 saturated heterocycles. The van der Waals surface area contributed by atoms with E-state index in [1.54, 1.807) is 0 Å². The van der Waals surface area contributed by atoms with Gasteiger partial charge in [0.1, 0.15) is 0 Å². The highest BCUT2D eigenvalue weighted by molar-refractivity contribution is 9.10. The summed E-state index contributed by atoms with van der Waals surface area (Å²) in [5.41, 5.74) is 1.39. The van der Waals surface area contributed by atoms with Crippen LogP contribution in [-0.4, -0.2) is 30.1 Å². The molecule has 0 aliphatic carbocycles. The standard InChI is InChI=1S/C16H23BrN2/c1-12(13-5-7-14(17)8-6-13)18-15-9-11-19-10-3-2-4-16(15)19/h5-8,12,15-16,18H,2-4,9-11H2,1H3. The van der Waals surface area contributed by atoms with Gasteiger partial charge in [-0.25, -0.2) is 0 Å². The molecule has 1 aromatic carbocycles. The number of nitrogens with one attached hydrogen (secondary N) is 1. The first-order chi connectivity index (χ1) is 9.24. The lowest BCUT2D eigenvalue weighted by atomic mass is 9.97. The molecule has 1 aromatic rings. The summed E-state index contributed by atoms with van der Waals surface area (Å²) in [6.07, 6.45) is 5.49. The highest BCUT2D eigenvalue weighted by Crippen LogP contribution is 2.29. The lowest BCUT2D eigenvalue weighted by Gasteiger charge is -2.34. The third-order valence-corrected chi connectivity index (χ3v) is 5.22. The summed E-state index contributed by atoms with van der Waals surface area (Å²) in [6, 6.07) is 10.6. The summed E-state index contributed by atoms with van der Waals surface area (Å²) in [5.74, 6) is 0.